The van der Waals surface area contributed by atoms with E-state index in [9.17, 15) is 9.18 Å². The molecule has 1 amide bonds. The van der Waals surface area contributed by atoms with E-state index in [1.807, 2.05) is 18.3 Å². The molecule has 0 radical (unpaired) electrons. The Kier molecular flexibility index (Phi) is 3.15. The lowest BCUT2D eigenvalue weighted by atomic mass is 9.94. The monoisotopic (exact) mass is 309 g/mol. The first kappa shape index (κ1) is 13.9. The minimum atomic E-state index is -0.529. The molecule has 1 saturated carbocycles. The molecule has 116 valence electrons. The second-order valence-electron chi connectivity index (χ2n) is 6.01. The molecular formula is C18H16FN3O. The van der Waals surface area contributed by atoms with Crippen molar-refractivity contribution >= 4 is 16.8 Å². The van der Waals surface area contributed by atoms with Crippen molar-refractivity contribution in [2.75, 3.05) is 0 Å². The molecule has 3 aromatic rings. The molecule has 0 atom stereocenters. The first-order chi connectivity index (χ1) is 11.2. The maximum Gasteiger partial charge on any atom is 0.231 e. The van der Waals surface area contributed by atoms with Gasteiger partial charge in [-0.15, -0.1) is 0 Å². The lowest BCUT2D eigenvalue weighted by Crippen LogP contribution is -2.34. The van der Waals surface area contributed by atoms with E-state index in [1.54, 1.807) is 18.5 Å². The summed E-state index contributed by atoms with van der Waals surface area (Å²) in [6.07, 6.45) is 6.83. The highest BCUT2D eigenvalue weighted by molar-refractivity contribution is 5.97. The number of nitrogens with one attached hydrogen (secondary N) is 2. The number of benzene rings is 1. The maximum absolute atomic E-state index is 13.6. The van der Waals surface area contributed by atoms with Gasteiger partial charge in [0.15, 0.2) is 0 Å². The van der Waals surface area contributed by atoms with Crippen LogP contribution in [0.2, 0.25) is 0 Å². The summed E-state index contributed by atoms with van der Waals surface area (Å²) in [6.45, 7) is 0.472. The topological polar surface area (TPSA) is 57.8 Å². The molecule has 23 heavy (non-hydrogen) atoms. The van der Waals surface area contributed by atoms with Gasteiger partial charge in [-0.05, 0) is 54.3 Å². The van der Waals surface area contributed by atoms with Gasteiger partial charge >= 0.3 is 0 Å². The van der Waals surface area contributed by atoms with Crippen LogP contribution in [0, 0.1) is 5.82 Å². The number of hydrogen-bond acceptors (Lipinski definition) is 2. The number of nitrogens with zero attached hydrogens (tertiary/aromatic N) is 1. The van der Waals surface area contributed by atoms with Gasteiger partial charge in [-0.1, -0.05) is 0 Å². The van der Waals surface area contributed by atoms with Crippen molar-refractivity contribution in [2.24, 2.45) is 0 Å². The quantitative estimate of drug-likeness (QED) is 0.778. The minimum Gasteiger partial charge on any atom is -0.361 e. The van der Waals surface area contributed by atoms with Crippen LogP contribution in [-0.2, 0) is 16.8 Å². The summed E-state index contributed by atoms with van der Waals surface area (Å²) in [5.74, 6) is -0.286. The molecule has 1 aromatic carbocycles. The summed E-state index contributed by atoms with van der Waals surface area (Å²) < 4.78 is 13.6. The van der Waals surface area contributed by atoms with Gasteiger partial charge in [-0.25, -0.2) is 4.39 Å². The molecule has 2 heterocycles. The van der Waals surface area contributed by atoms with Gasteiger partial charge in [-0.2, -0.15) is 0 Å². The van der Waals surface area contributed by atoms with Crippen LogP contribution in [0.3, 0.4) is 0 Å². The van der Waals surface area contributed by atoms with Crippen molar-refractivity contribution in [3.05, 3.63) is 65.9 Å². The summed E-state index contributed by atoms with van der Waals surface area (Å²) in [7, 11) is 0. The van der Waals surface area contributed by atoms with E-state index < -0.39 is 5.41 Å². The second kappa shape index (κ2) is 5.19. The smallest absolute Gasteiger partial charge is 0.231 e. The average Bonchev–Trinajstić information content (AvgIpc) is 3.28. The highest BCUT2D eigenvalue weighted by Crippen LogP contribution is 2.50. The van der Waals surface area contributed by atoms with Crippen LogP contribution in [0.5, 0.6) is 0 Å². The number of amides is 1. The van der Waals surface area contributed by atoms with E-state index in [0.717, 1.165) is 34.9 Å². The van der Waals surface area contributed by atoms with Crippen LogP contribution in [-0.4, -0.2) is 15.9 Å². The number of carbonyl (C=O) groups is 1. The first-order valence-corrected chi connectivity index (χ1v) is 7.63. The number of aromatic amines is 1. The molecule has 2 N–H and O–H groups in total. The molecule has 1 aliphatic rings. The largest absolute Gasteiger partial charge is 0.361 e. The maximum atomic E-state index is 13.6. The molecule has 2 aromatic heterocycles. The molecule has 5 heteroatoms. The van der Waals surface area contributed by atoms with Crippen LogP contribution in [0.25, 0.3) is 10.9 Å². The third-order valence-electron chi connectivity index (χ3n) is 4.55. The van der Waals surface area contributed by atoms with Gasteiger partial charge in [0.1, 0.15) is 5.82 Å². The van der Waals surface area contributed by atoms with Crippen molar-refractivity contribution in [1.82, 2.24) is 15.3 Å². The van der Waals surface area contributed by atoms with E-state index in [4.69, 9.17) is 0 Å². The van der Waals surface area contributed by atoms with Gasteiger partial charge in [0.05, 0.1) is 5.41 Å². The summed E-state index contributed by atoms with van der Waals surface area (Å²) in [4.78, 5) is 19.8. The molecule has 0 unspecified atom stereocenters. The Labute approximate surface area is 132 Å². The molecule has 4 nitrogen and oxygen atoms in total. The number of rotatable bonds is 4. The predicted octanol–water partition coefficient (Wildman–Crippen LogP) is 3.05. The Balaban J connectivity index is 1.59. The SMILES string of the molecule is O=C(NCc1ccncc1)C1(c2c[nH]c3ccc(F)cc23)CC1. The van der Waals surface area contributed by atoms with Gasteiger partial charge in [0.25, 0.3) is 0 Å². The number of aromatic nitrogens is 2. The fraction of sp³-hybridized carbons (Fsp3) is 0.222. The van der Waals surface area contributed by atoms with Crippen molar-refractivity contribution in [3.63, 3.8) is 0 Å². The molecule has 1 fully saturated rings. The fourth-order valence-electron chi connectivity index (χ4n) is 3.08. The standard InChI is InChI=1S/C18H16FN3O/c19-13-1-2-16-14(9-13)15(11-21-16)18(5-6-18)17(23)22-10-12-3-7-20-8-4-12/h1-4,7-9,11,21H,5-6,10H2,(H,22,23). The number of hydrogen-bond donors (Lipinski definition) is 2. The van der Waals surface area contributed by atoms with Gasteiger partial charge in [0.2, 0.25) is 5.91 Å². The zero-order valence-corrected chi connectivity index (χ0v) is 12.5. The zero-order valence-electron chi connectivity index (χ0n) is 12.5. The number of fused-ring (bicyclic) bond motifs is 1. The Morgan fingerprint density at radius 3 is 2.78 bits per heavy atom. The van der Waals surface area contributed by atoms with Gasteiger partial charge in [0, 0.05) is 36.0 Å². The zero-order chi connectivity index (χ0) is 15.9. The van der Waals surface area contributed by atoms with E-state index in [0.29, 0.717) is 6.54 Å². The molecule has 0 aliphatic heterocycles. The first-order valence-electron chi connectivity index (χ1n) is 7.63. The molecular weight excluding hydrogens is 293 g/mol. The number of halogens is 1. The van der Waals surface area contributed by atoms with Crippen LogP contribution in [0.1, 0.15) is 24.0 Å². The summed E-state index contributed by atoms with van der Waals surface area (Å²) in [5.41, 5.74) is 2.22. The Morgan fingerprint density at radius 1 is 1.26 bits per heavy atom. The third kappa shape index (κ3) is 2.38. The number of carbonyl (C=O) groups excluding carboxylic acids is 1. The fourth-order valence-corrected chi connectivity index (χ4v) is 3.08. The number of pyridine rings is 1. The van der Waals surface area contributed by atoms with Gasteiger partial charge in [-0.3, -0.25) is 9.78 Å². The van der Waals surface area contributed by atoms with Crippen molar-refractivity contribution in [1.29, 1.82) is 0 Å². The van der Waals surface area contributed by atoms with E-state index in [1.165, 1.54) is 12.1 Å². The highest BCUT2D eigenvalue weighted by atomic mass is 19.1. The van der Waals surface area contributed by atoms with Crippen LogP contribution >= 0.6 is 0 Å². The van der Waals surface area contributed by atoms with E-state index in [-0.39, 0.29) is 11.7 Å². The normalized spacial score (nSPS) is 15.5. The average molecular weight is 309 g/mol. The third-order valence-corrected chi connectivity index (χ3v) is 4.55. The Bertz CT molecular complexity index is 868. The molecule has 0 saturated heterocycles. The van der Waals surface area contributed by atoms with Crippen LogP contribution in [0.15, 0.2) is 48.9 Å². The van der Waals surface area contributed by atoms with E-state index in [2.05, 4.69) is 15.3 Å². The summed E-state index contributed by atoms with van der Waals surface area (Å²) in [6, 6.07) is 8.38. The summed E-state index contributed by atoms with van der Waals surface area (Å²) in [5, 5.41) is 3.79. The highest BCUT2D eigenvalue weighted by Gasteiger charge is 2.52. The molecule has 0 spiro atoms. The molecule has 0 bridgehead atoms. The van der Waals surface area contributed by atoms with E-state index >= 15 is 0 Å². The minimum absolute atomic E-state index is 0.000488. The van der Waals surface area contributed by atoms with Crippen molar-refractivity contribution < 1.29 is 9.18 Å². The molecule has 4 rings (SSSR count). The Morgan fingerprint density at radius 2 is 2.04 bits per heavy atom. The van der Waals surface area contributed by atoms with Crippen LogP contribution < -0.4 is 5.32 Å². The Hall–Kier alpha value is -2.69. The van der Waals surface area contributed by atoms with Crippen molar-refractivity contribution in [3.8, 4) is 0 Å². The number of H-pyrrole nitrogens is 1. The van der Waals surface area contributed by atoms with Crippen molar-refractivity contribution in [2.45, 2.75) is 24.8 Å². The summed E-state index contributed by atoms with van der Waals surface area (Å²) >= 11 is 0. The lowest BCUT2D eigenvalue weighted by molar-refractivity contribution is -0.123. The predicted molar refractivity (Wildman–Crippen MR) is 85.3 cm³/mol. The van der Waals surface area contributed by atoms with Gasteiger partial charge < -0.3 is 10.3 Å². The lowest BCUT2D eigenvalue weighted by Gasteiger charge is -2.15. The second-order valence-corrected chi connectivity index (χ2v) is 6.01. The van der Waals surface area contributed by atoms with Crippen LogP contribution in [0.4, 0.5) is 4.39 Å². The molecule has 1 aliphatic carbocycles.